The maximum absolute atomic E-state index is 11.6. The van der Waals surface area contributed by atoms with E-state index in [1.807, 2.05) is 5.43 Å². The fraction of sp³-hybridized carbons (Fsp3) is 0.333. The Kier molecular flexibility index (Phi) is 6.07. The molecule has 0 unspecified atom stereocenters. The van der Waals surface area contributed by atoms with Gasteiger partial charge in [0.05, 0.1) is 18.4 Å². The van der Waals surface area contributed by atoms with Crippen molar-refractivity contribution < 1.29 is 30.3 Å². The number of para-hydroxylation sites is 1. The van der Waals surface area contributed by atoms with Crippen molar-refractivity contribution in [3.05, 3.63) is 29.8 Å². The highest BCUT2D eigenvalue weighted by Gasteiger charge is 2.22. The number of hydrazone groups is 1. The van der Waals surface area contributed by atoms with E-state index in [4.69, 9.17) is 10.2 Å². The topological polar surface area (TPSA) is 143 Å². The summed E-state index contributed by atoms with van der Waals surface area (Å²) in [5.41, 5.74) is 2.03. The highest BCUT2D eigenvalue weighted by Crippen LogP contribution is 2.14. The van der Waals surface area contributed by atoms with Crippen molar-refractivity contribution in [2.75, 3.05) is 6.61 Å². The summed E-state index contributed by atoms with van der Waals surface area (Å²) in [5.74, 6) is -0.930. The second-order valence-corrected chi connectivity index (χ2v) is 3.97. The van der Waals surface area contributed by atoms with Crippen LogP contribution in [0.25, 0.3) is 0 Å². The summed E-state index contributed by atoms with van der Waals surface area (Å²) >= 11 is 0. The molecule has 0 saturated carbocycles. The van der Waals surface area contributed by atoms with Crippen LogP contribution in [-0.4, -0.2) is 62.6 Å². The van der Waals surface area contributed by atoms with Gasteiger partial charge in [0.15, 0.2) is 0 Å². The van der Waals surface area contributed by atoms with Crippen molar-refractivity contribution in [1.29, 1.82) is 0 Å². The van der Waals surface area contributed by atoms with Crippen LogP contribution in [-0.2, 0) is 0 Å². The van der Waals surface area contributed by atoms with Crippen LogP contribution in [0.4, 0.5) is 0 Å². The number of aromatic hydroxyl groups is 1. The van der Waals surface area contributed by atoms with Crippen LogP contribution < -0.4 is 5.43 Å². The quantitative estimate of drug-likeness (QED) is 0.268. The molecular weight excluding hydrogens is 268 g/mol. The maximum Gasteiger partial charge on any atom is 0.275 e. The zero-order valence-electron chi connectivity index (χ0n) is 10.4. The number of benzene rings is 1. The Hall–Kier alpha value is -2.00. The summed E-state index contributed by atoms with van der Waals surface area (Å²) in [7, 11) is 0. The molecular formula is C12H16N2O6. The monoisotopic (exact) mass is 284 g/mol. The molecule has 0 aliphatic carbocycles. The van der Waals surface area contributed by atoms with E-state index in [0.717, 1.165) is 6.21 Å². The van der Waals surface area contributed by atoms with E-state index in [1.54, 1.807) is 12.1 Å². The molecule has 0 heterocycles. The second kappa shape index (κ2) is 7.56. The number of nitrogens with one attached hydrogen (secondary N) is 1. The standard InChI is InChI=1S/C12H16N2O6/c15-6-10(18)11(19)9(17)5-13-14-12(20)7-3-1-2-4-8(7)16/h1-5,9-11,15-19H,6H2,(H,14,20)/b13-5-/t9-,10-,11-/m0/s1. The van der Waals surface area contributed by atoms with Crippen molar-refractivity contribution in [2.45, 2.75) is 18.3 Å². The van der Waals surface area contributed by atoms with Gasteiger partial charge in [-0.25, -0.2) is 5.43 Å². The number of carbonyl (C=O) groups is 1. The Morgan fingerprint density at radius 2 is 1.95 bits per heavy atom. The zero-order chi connectivity index (χ0) is 15.1. The lowest BCUT2D eigenvalue weighted by Gasteiger charge is -2.17. The predicted octanol–water partition coefficient (Wildman–Crippen LogP) is -1.82. The fourth-order valence-corrected chi connectivity index (χ4v) is 1.32. The van der Waals surface area contributed by atoms with E-state index >= 15 is 0 Å². The molecule has 0 bridgehead atoms. The summed E-state index contributed by atoms with van der Waals surface area (Å²) in [6, 6.07) is 5.80. The van der Waals surface area contributed by atoms with Crippen molar-refractivity contribution in [3.8, 4) is 5.75 Å². The Morgan fingerprint density at radius 3 is 2.55 bits per heavy atom. The molecule has 0 aromatic heterocycles. The Balaban J connectivity index is 2.57. The van der Waals surface area contributed by atoms with Crippen molar-refractivity contribution in [2.24, 2.45) is 5.10 Å². The van der Waals surface area contributed by atoms with Gasteiger partial charge in [-0.2, -0.15) is 5.10 Å². The number of hydrogen-bond donors (Lipinski definition) is 6. The number of amides is 1. The number of nitrogens with zero attached hydrogens (tertiary/aromatic N) is 1. The number of carbonyl (C=O) groups excluding carboxylic acids is 1. The summed E-state index contributed by atoms with van der Waals surface area (Å²) in [4.78, 5) is 11.6. The SMILES string of the molecule is O=C(N/N=C\[C@H](O)[C@H](O)[C@@H](O)CO)c1ccccc1O. The first kappa shape index (κ1) is 16.1. The van der Waals surface area contributed by atoms with E-state index in [1.165, 1.54) is 12.1 Å². The van der Waals surface area contributed by atoms with Crippen molar-refractivity contribution in [3.63, 3.8) is 0 Å². The van der Waals surface area contributed by atoms with Gasteiger partial charge in [-0.1, -0.05) is 12.1 Å². The molecule has 1 aromatic rings. The third kappa shape index (κ3) is 4.28. The van der Waals surface area contributed by atoms with E-state index in [0.29, 0.717) is 0 Å². The lowest BCUT2D eigenvalue weighted by Crippen LogP contribution is -2.40. The minimum absolute atomic E-state index is 0.00455. The molecule has 0 spiro atoms. The molecule has 110 valence electrons. The van der Waals surface area contributed by atoms with Gasteiger partial charge in [0, 0.05) is 0 Å². The van der Waals surface area contributed by atoms with Gasteiger partial charge < -0.3 is 25.5 Å². The zero-order valence-corrected chi connectivity index (χ0v) is 10.4. The summed E-state index contributed by atoms with van der Waals surface area (Å²) in [6.45, 7) is -0.726. The molecule has 8 nitrogen and oxygen atoms in total. The number of phenolic OH excluding ortho intramolecular Hbond substituents is 1. The van der Waals surface area contributed by atoms with E-state index in [2.05, 4.69) is 5.10 Å². The molecule has 0 radical (unpaired) electrons. The van der Waals surface area contributed by atoms with Gasteiger partial charge in [0.2, 0.25) is 0 Å². The van der Waals surface area contributed by atoms with E-state index in [9.17, 15) is 20.1 Å². The van der Waals surface area contributed by atoms with E-state index in [-0.39, 0.29) is 11.3 Å². The molecule has 8 heteroatoms. The first-order chi connectivity index (χ1) is 9.47. The number of aliphatic hydroxyl groups is 4. The third-order valence-corrected chi connectivity index (χ3v) is 2.47. The first-order valence-electron chi connectivity index (χ1n) is 5.74. The highest BCUT2D eigenvalue weighted by atomic mass is 16.4. The van der Waals surface area contributed by atoms with Crippen LogP contribution in [0.1, 0.15) is 10.4 Å². The largest absolute Gasteiger partial charge is 0.507 e. The van der Waals surface area contributed by atoms with Crippen LogP contribution >= 0.6 is 0 Å². The van der Waals surface area contributed by atoms with Gasteiger partial charge in [-0.3, -0.25) is 4.79 Å². The van der Waals surface area contributed by atoms with Gasteiger partial charge in [-0.05, 0) is 12.1 Å². The molecule has 0 aliphatic heterocycles. The summed E-state index contributed by atoms with van der Waals surface area (Å²) in [6.07, 6.45) is -3.93. The molecule has 1 aromatic carbocycles. The smallest absolute Gasteiger partial charge is 0.275 e. The van der Waals surface area contributed by atoms with Crippen LogP contribution in [0.2, 0.25) is 0 Å². The van der Waals surface area contributed by atoms with E-state index < -0.39 is 30.8 Å². The van der Waals surface area contributed by atoms with Gasteiger partial charge in [0.25, 0.3) is 5.91 Å². The van der Waals surface area contributed by atoms with Crippen LogP contribution in [0.15, 0.2) is 29.4 Å². The minimum Gasteiger partial charge on any atom is -0.507 e. The van der Waals surface area contributed by atoms with Gasteiger partial charge in [0.1, 0.15) is 24.1 Å². The summed E-state index contributed by atoms with van der Waals surface area (Å²) < 4.78 is 0. The summed E-state index contributed by atoms with van der Waals surface area (Å²) in [5, 5.41) is 49.2. The number of rotatable bonds is 6. The normalized spacial score (nSPS) is 15.8. The lowest BCUT2D eigenvalue weighted by molar-refractivity contribution is -0.0542. The van der Waals surface area contributed by atoms with Crippen molar-refractivity contribution >= 4 is 12.1 Å². The first-order valence-corrected chi connectivity index (χ1v) is 5.74. The molecule has 6 N–H and O–H groups in total. The van der Waals surface area contributed by atoms with Crippen LogP contribution in [0.3, 0.4) is 0 Å². The van der Waals surface area contributed by atoms with Gasteiger partial charge >= 0.3 is 0 Å². The average molecular weight is 284 g/mol. The maximum atomic E-state index is 11.6. The molecule has 0 fully saturated rings. The molecule has 20 heavy (non-hydrogen) atoms. The predicted molar refractivity (Wildman–Crippen MR) is 69.2 cm³/mol. The number of aliphatic hydroxyl groups excluding tert-OH is 4. The number of hydrogen-bond acceptors (Lipinski definition) is 7. The molecule has 1 amide bonds. The molecule has 0 saturated heterocycles. The number of phenols is 1. The molecule has 3 atom stereocenters. The Labute approximate surface area is 114 Å². The third-order valence-electron chi connectivity index (χ3n) is 2.47. The second-order valence-electron chi connectivity index (χ2n) is 3.97. The average Bonchev–Trinajstić information content (AvgIpc) is 2.45. The fourth-order valence-electron chi connectivity index (χ4n) is 1.32. The lowest BCUT2D eigenvalue weighted by atomic mass is 10.1. The van der Waals surface area contributed by atoms with Crippen LogP contribution in [0.5, 0.6) is 5.75 Å². The molecule has 0 aliphatic rings. The van der Waals surface area contributed by atoms with Gasteiger partial charge in [-0.15, -0.1) is 0 Å². The Bertz CT molecular complexity index is 479. The van der Waals surface area contributed by atoms with Crippen LogP contribution in [0, 0.1) is 0 Å². The molecule has 1 rings (SSSR count). The minimum atomic E-state index is -1.63. The Morgan fingerprint density at radius 1 is 1.30 bits per heavy atom. The highest BCUT2D eigenvalue weighted by molar-refractivity contribution is 5.96. The van der Waals surface area contributed by atoms with Crippen molar-refractivity contribution in [1.82, 2.24) is 5.43 Å².